The molecule has 0 fully saturated rings. The molecule has 1 unspecified atom stereocenters. The van der Waals surface area contributed by atoms with Crippen molar-refractivity contribution in [1.29, 1.82) is 0 Å². The van der Waals surface area contributed by atoms with Gasteiger partial charge in [-0.25, -0.2) is 8.42 Å². The van der Waals surface area contributed by atoms with Gasteiger partial charge in [-0.1, -0.05) is 42.5 Å². The molecule has 1 aliphatic carbocycles. The highest BCUT2D eigenvalue weighted by molar-refractivity contribution is 7.92. The molecule has 0 saturated heterocycles. The van der Waals surface area contributed by atoms with Crippen molar-refractivity contribution in [3.05, 3.63) is 83.2 Å². The van der Waals surface area contributed by atoms with Gasteiger partial charge in [0.1, 0.15) is 10.6 Å². The molecule has 7 heteroatoms. The van der Waals surface area contributed by atoms with Crippen LogP contribution in [0.3, 0.4) is 0 Å². The molecular weight excluding hydrogens is 410 g/mol. The fraction of sp³-hybridized carbons (Fsp3) is 0.292. The third-order valence-corrected chi connectivity index (χ3v) is 8.10. The average molecular weight is 436 g/mol. The Morgan fingerprint density at radius 2 is 1.77 bits per heavy atom. The zero-order valence-electron chi connectivity index (χ0n) is 17.4. The van der Waals surface area contributed by atoms with Crippen molar-refractivity contribution in [2.45, 2.75) is 36.6 Å². The van der Waals surface area contributed by atoms with Crippen LogP contribution in [-0.2, 0) is 29.9 Å². The predicted octanol–water partition coefficient (Wildman–Crippen LogP) is 3.58. The summed E-state index contributed by atoms with van der Waals surface area (Å²) >= 11 is 0. The van der Waals surface area contributed by atoms with Crippen LogP contribution in [0.25, 0.3) is 0 Å². The quantitative estimate of drug-likeness (QED) is 0.681. The zero-order chi connectivity index (χ0) is 21.6. The fourth-order valence-corrected chi connectivity index (χ4v) is 6.30. The van der Waals surface area contributed by atoms with Gasteiger partial charge in [0.15, 0.2) is 0 Å². The van der Waals surface area contributed by atoms with Gasteiger partial charge in [-0.3, -0.25) is 9.10 Å². The number of anilines is 1. The molecule has 160 valence electrons. The van der Waals surface area contributed by atoms with Gasteiger partial charge in [0.2, 0.25) is 0 Å². The maximum atomic E-state index is 13.3. The second-order valence-corrected chi connectivity index (χ2v) is 10.1. The SMILES string of the molecule is Cn1cc(S(=O)(=O)N2CCc3ccccc32)cc1C(=O)NC1CCCc2ccccc21. The van der Waals surface area contributed by atoms with E-state index in [4.69, 9.17) is 0 Å². The number of benzene rings is 2. The van der Waals surface area contributed by atoms with Crippen molar-refractivity contribution in [2.24, 2.45) is 7.05 Å². The molecule has 31 heavy (non-hydrogen) atoms. The Labute approximate surface area is 182 Å². The first kappa shape index (κ1) is 19.9. The molecular formula is C24H25N3O3S. The normalized spacial score (nSPS) is 17.8. The first-order chi connectivity index (χ1) is 14.9. The number of amides is 1. The molecule has 1 aliphatic heterocycles. The van der Waals surface area contributed by atoms with Crippen molar-refractivity contribution in [3.63, 3.8) is 0 Å². The summed E-state index contributed by atoms with van der Waals surface area (Å²) in [6.45, 7) is 0.414. The summed E-state index contributed by atoms with van der Waals surface area (Å²) < 4.78 is 29.7. The van der Waals surface area contributed by atoms with Gasteiger partial charge in [-0.2, -0.15) is 0 Å². The van der Waals surface area contributed by atoms with Gasteiger partial charge in [-0.05, 0) is 54.5 Å². The smallest absolute Gasteiger partial charge is 0.268 e. The second-order valence-electron chi connectivity index (χ2n) is 8.24. The van der Waals surface area contributed by atoms with Gasteiger partial charge >= 0.3 is 0 Å². The number of rotatable bonds is 4. The van der Waals surface area contributed by atoms with Crippen molar-refractivity contribution in [3.8, 4) is 0 Å². The molecule has 0 spiro atoms. The lowest BCUT2D eigenvalue weighted by Crippen LogP contribution is -2.32. The highest BCUT2D eigenvalue weighted by Gasteiger charge is 2.32. The van der Waals surface area contributed by atoms with Crippen LogP contribution < -0.4 is 9.62 Å². The Bertz CT molecular complexity index is 1260. The fourth-order valence-electron chi connectivity index (χ4n) is 4.72. The van der Waals surface area contributed by atoms with Crippen molar-refractivity contribution < 1.29 is 13.2 Å². The van der Waals surface area contributed by atoms with Gasteiger partial charge < -0.3 is 9.88 Å². The van der Waals surface area contributed by atoms with Crippen molar-refractivity contribution >= 4 is 21.6 Å². The molecule has 2 heterocycles. The number of sulfonamides is 1. The molecule has 1 N–H and O–H groups in total. The Kier molecular flexibility index (Phi) is 4.85. The summed E-state index contributed by atoms with van der Waals surface area (Å²) in [7, 11) is -2.03. The molecule has 1 amide bonds. The van der Waals surface area contributed by atoms with E-state index in [0.717, 1.165) is 36.1 Å². The maximum Gasteiger partial charge on any atom is 0.268 e. The zero-order valence-corrected chi connectivity index (χ0v) is 18.2. The number of aromatic nitrogens is 1. The molecule has 5 rings (SSSR count). The van der Waals surface area contributed by atoms with Crippen LogP contribution in [0, 0.1) is 0 Å². The van der Waals surface area contributed by atoms with E-state index in [2.05, 4.69) is 17.4 Å². The van der Waals surface area contributed by atoms with Crippen LogP contribution >= 0.6 is 0 Å². The van der Waals surface area contributed by atoms with Crippen molar-refractivity contribution in [2.75, 3.05) is 10.8 Å². The second kappa shape index (κ2) is 7.57. The molecule has 3 aromatic rings. The maximum absolute atomic E-state index is 13.3. The lowest BCUT2D eigenvalue weighted by molar-refractivity contribution is 0.0924. The first-order valence-electron chi connectivity index (χ1n) is 10.6. The number of fused-ring (bicyclic) bond motifs is 2. The monoisotopic (exact) mass is 435 g/mol. The molecule has 0 saturated carbocycles. The first-order valence-corrected chi connectivity index (χ1v) is 12.0. The number of carbonyl (C=O) groups is 1. The number of aryl methyl sites for hydroxylation is 2. The molecule has 2 aromatic carbocycles. The van der Waals surface area contributed by atoms with E-state index >= 15 is 0 Å². The van der Waals surface area contributed by atoms with Crippen LogP contribution in [0.4, 0.5) is 5.69 Å². The number of nitrogens with zero attached hydrogens (tertiary/aromatic N) is 2. The van der Waals surface area contributed by atoms with E-state index in [9.17, 15) is 13.2 Å². The number of para-hydroxylation sites is 1. The molecule has 1 aromatic heterocycles. The highest BCUT2D eigenvalue weighted by Crippen LogP contribution is 2.33. The Hall–Kier alpha value is -3.06. The van der Waals surface area contributed by atoms with E-state index in [1.165, 1.54) is 22.1 Å². The molecule has 2 aliphatic rings. The van der Waals surface area contributed by atoms with Crippen LogP contribution in [0.2, 0.25) is 0 Å². The van der Waals surface area contributed by atoms with E-state index in [1.807, 2.05) is 36.4 Å². The minimum Gasteiger partial charge on any atom is -0.345 e. The van der Waals surface area contributed by atoms with Crippen LogP contribution in [0.1, 0.15) is 46.1 Å². The van der Waals surface area contributed by atoms with E-state index in [-0.39, 0.29) is 16.8 Å². The van der Waals surface area contributed by atoms with Crippen LogP contribution in [-0.4, -0.2) is 25.4 Å². The largest absolute Gasteiger partial charge is 0.345 e. The topological polar surface area (TPSA) is 71.4 Å². The van der Waals surface area contributed by atoms with E-state index in [0.29, 0.717) is 18.7 Å². The predicted molar refractivity (Wildman–Crippen MR) is 120 cm³/mol. The van der Waals surface area contributed by atoms with Gasteiger partial charge in [-0.15, -0.1) is 0 Å². The van der Waals surface area contributed by atoms with Crippen LogP contribution in [0.15, 0.2) is 65.7 Å². The third kappa shape index (κ3) is 3.43. The molecule has 0 bridgehead atoms. The Balaban J connectivity index is 1.41. The Morgan fingerprint density at radius 1 is 1.03 bits per heavy atom. The summed E-state index contributed by atoms with van der Waals surface area (Å²) in [4.78, 5) is 13.2. The Morgan fingerprint density at radius 3 is 2.61 bits per heavy atom. The van der Waals surface area contributed by atoms with Crippen LogP contribution in [0.5, 0.6) is 0 Å². The van der Waals surface area contributed by atoms with E-state index < -0.39 is 10.0 Å². The number of hydrogen-bond donors (Lipinski definition) is 1. The minimum atomic E-state index is -3.74. The summed E-state index contributed by atoms with van der Waals surface area (Å²) in [5.74, 6) is -0.257. The third-order valence-electron chi connectivity index (χ3n) is 6.32. The summed E-state index contributed by atoms with van der Waals surface area (Å²) in [5, 5.41) is 3.11. The lowest BCUT2D eigenvalue weighted by atomic mass is 9.87. The summed E-state index contributed by atoms with van der Waals surface area (Å²) in [6, 6.07) is 17.2. The number of nitrogens with one attached hydrogen (secondary N) is 1. The average Bonchev–Trinajstić information content (AvgIpc) is 3.38. The molecule has 0 radical (unpaired) electrons. The minimum absolute atomic E-state index is 0.0575. The number of hydrogen-bond acceptors (Lipinski definition) is 3. The lowest BCUT2D eigenvalue weighted by Gasteiger charge is -2.26. The molecule has 1 atom stereocenters. The van der Waals surface area contributed by atoms with Gasteiger partial charge in [0, 0.05) is 19.8 Å². The van der Waals surface area contributed by atoms with Crippen molar-refractivity contribution in [1.82, 2.24) is 9.88 Å². The standard InChI is InChI=1S/C24H25N3O3S/c1-26-16-19(31(29,30)27-14-13-18-8-3-5-12-22(18)27)15-23(26)24(28)25-21-11-6-9-17-7-2-4-10-20(17)21/h2-5,7-8,10,12,15-16,21H,6,9,11,13-14H2,1H3,(H,25,28). The van der Waals surface area contributed by atoms with E-state index in [1.54, 1.807) is 11.6 Å². The molecule has 6 nitrogen and oxygen atoms in total. The van der Waals surface area contributed by atoms with Gasteiger partial charge in [0.05, 0.1) is 11.7 Å². The number of carbonyl (C=O) groups excluding carboxylic acids is 1. The summed E-state index contributed by atoms with van der Waals surface area (Å²) in [6.07, 6.45) is 5.13. The van der Waals surface area contributed by atoms with Gasteiger partial charge in [0.25, 0.3) is 15.9 Å². The summed E-state index contributed by atoms with van der Waals surface area (Å²) in [5.41, 5.74) is 4.50. The highest BCUT2D eigenvalue weighted by atomic mass is 32.2.